The Morgan fingerprint density at radius 3 is 2.95 bits per heavy atom. The molecule has 0 amide bonds. The Balaban J connectivity index is 1.77. The molecular weight excluding hydrogens is 258 g/mol. The van der Waals surface area contributed by atoms with Crippen molar-refractivity contribution >= 4 is 28.7 Å². The molecule has 1 aliphatic carbocycles. The number of hydrogen-bond acceptors (Lipinski definition) is 6. The molecule has 0 aromatic heterocycles. The van der Waals surface area contributed by atoms with Crippen LogP contribution in [0.25, 0.3) is 0 Å². The number of guanidine groups is 1. The fourth-order valence-electron chi connectivity index (χ4n) is 2.91. The number of thioether (sulfide) groups is 1. The summed E-state index contributed by atoms with van der Waals surface area (Å²) in [5, 5.41) is 5.97. The van der Waals surface area contributed by atoms with Crippen molar-refractivity contribution in [2.24, 2.45) is 15.0 Å². The molecule has 4 aliphatic rings. The number of nitrogens with zero attached hydrogens (tertiary/aromatic N) is 5. The van der Waals surface area contributed by atoms with E-state index >= 15 is 0 Å². The van der Waals surface area contributed by atoms with Crippen LogP contribution in [-0.2, 0) is 0 Å². The summed E-state index contributed by atoms with van der Waals surface area (Å²) in [5.74, 6) is 1.93. The summed E-state index contributed by atoms with van der Waals surface area (Å²) in [7, 11) is 0. The second-order valence-corrected chi connectivity index (χ2v) is 6.94. The molecule has 19 heavy (non-hydrogen) atoms. The molecule has 0 N–H and O–H groups in total. The Bertz CT molecular complexity index is 557. The van der Waals surface area contributed by atoms with E-state index < -0.39 is 0 Å². The van der Waals surface area contributed by atoms with Crippen LogP contribution in [0.5, 0.6) is 0 Å². The average Bonchev–Trinajstić information content (AvgIpc) is 2.96. The van der Waals surface area contributed by atoms with E-state index in [2.05, 4.69) is 23.9 Å². The second-order valence-electron chi connectivity index (χ2n) is 5.39. The van der Waals surface area contributed by atoms with Gasteiger partial charge in [-0.2, -0.15) is 10.0 Å². The highest BCUT2D eigenvalue weighted by molar-refractivity contribution is 8.14. The maximum atomic E-state index is 4.74. The fraction of sp³-hybridized carbons (Fsp3) is 0.615. The molecule has 0 spiro atoms. The largest absolute Gasteiger partial charge is 0.264 e. The zero-order chi connectivity index (χ0) is 13.0. The third kappa shape index (κ3) is 1.65. The summed E-state index contributed by atoms with van der Waals surface area (Å²) in [4.78, 5) is 14.2. The van der Waals surface area contributed by atoms with E-state index in [1.54, 1.807) is 11.8 Å². The molecule has 0 atom stereocenters. The molecule has 0 aromatic rings. The van der Waals surface area contributed by atoms with E-state index in [0.717, 1.165) is 42.9 Å². The highest BCUT2D eigenvalue weighted by atomic mass is 32.2. The Morgan fingerprint density at radius 2 is 2.11 bits per heavy atom. The van der Waals surface area contributed by atoms with Gasteiger partial charge in [0.25, 0.3) is 5.96 Å². The van der Waals surface area contributed by atoms with Crippen molar-refractivity contribution in [2.75, 3.05) is 13.1 Å². The Hall–Kier alpha value is -1.30. The lowest BCUT2D eigenvalue weighted by molar-refractivity contribution is 0.226. The highest BCUT2D eigenvalue weighted by Crippen LogP contribution is 2.37. The minimum Gasteiger partial charge on any atom is -0.264 e. The Kier molecular flexibility index (Phi) is 2.48. The first-order valence-corrected chi connectivity index (χ1v) is 7.80. The van der Waals surface area contributed by atoms with Gasteiger partial charge in [-0.15, -0.1) is 0 Å². The smallest absolute Gasteiger partial charge is 0.253 e. The molecule has 0 saturated heterocycles. The zero-order valence-corrected chi connectivity index (χ0v) is 12.1. The molecule has 0 unspecified atom stereocenters. The number of aliphatic imine (C=N–C) groups is 3. The first-order chi connectivity index (χ1) is 9.24. The van der Waals surface area contributed by atoms with E-state index in [9.17, 15) is 0 Å². The summed E-state index contributed by atoms with van der Waals surface area (Å²) >= 11 is 1.80. The van der Waals surface area contributed by atoms with Crippen molar-refractivity contribution in [1.29, 1.82) is 0 Å². The van der Waals surface area contributed by atoms with Crippen LogP contribution < -0.4 is 0 Å². The van der Waals surface area contributed by atoms with Gasteiger partial charge < -0.3 is 0 Å². The maximum Gasteiger partial charge on any atom is 0.253 e. The van der Waals surface area contributed by atoms with E-state index in [1.165, 1.54) is 17.7 Å². The minimum atomic E-state index is 0.530. The number of fused-ring (bicyclic) bond motifs is 1. The van der Waals surface area contributed by atoms with Crippen molar-refractivity contribution < 1.29 is 0 Å². The summed E-state index contributed by atoms with van der Waals surface area (Å²) in [6.45, 7) is 6.16. The molecule has 0 bridgehead atoms. The number of rotatable bonds is 1. The van der Waals surface area contributed by atoms with Gasteiger partial charge in [0, 0.05) is 10.8 Å². The number of amidine groups is 2. The number of hydrazine groups is 1. The van der Waals surface area contributed by atoms with Gasteiger partial charge in [0.1, 0.15) is 0 Å². The first-order valence-electron chi connectivity index (χ1n) is 6.92. The molecule has 100 valence electrons. The van der Waals surface area contributed by atoms with E-state index in [-0.39, 0.29) is 0 Å². The SMILES string of the molecule is CC(C)SC1=NC2=NC3=C(CCC3)C3=NCCN1N23. The van der Waals surface area contributed by atoms with Crippen LogP contribution in [0.4, 0.5) is 0 Å². The lowest BCUT2D eigenvalue weighted by atomic mass is 10.1. The summed E-state index contributed by atoms with van der Waals surface area (Å²) < 4.78 is 0. The van der Waals surface area contributed by atoms with Crippen LogP contribution in [0.3, 0.4) is 0 Å². The topological polar surface area (TPSA) is 43.6 Å². The van der Waals surface area contributed by atoms with Gasteiger partial charge >= 0.3 is 0 Å². The number of allylic oxidation sites excluding steroid dienone is 1. The number of hydrogen-bond donors (Lipinski definition) is 0. The van der Waals surface area contributed by atoms with Crippen LogP contribution in [0.15, 0.2) is 26.2 Å². The van der Waals surface area contributed by atoms with Gasteiger partial charge in [-0.05, 0) is 19.3 Å². The van der Waals surface area contributed by atoms with Crippen molar-refractivity contribution in [3.8, 4) is 0 Å². The van der Waals surface area contributed by atoms with Crippen molar-refractivity contribution in [1.82, 2.24) is 10.0 Å². The van der Waals surface area contributed by atoms with Crippen LogP contribution in [0.1, 0.15) is 33.1 Å². The van der Waals surface area contributed by atoms with Crippen LogP contribution in [0, 0.1) is 0 Å². The third-order valence-electron chi connectivity index (χ3n) is 3.66. The molecule has 3 aliphatic heterocycles. The molecule has 6 heteroatoms. The molecule has 4 rings (SSSR count). The molecule has 0 fully saturated rings. The standard InChI is InChI=1S/C13H17N5S/c1-8(2)19-13-16-12-15-10-5-3-4-9(10)11-14-6-7-17(13)18(11)12/h8H,3-7H2,1-2H3. The van der Waals surface area contributed by atoms with Crippen molar-refractivity contribution in [3.63, 3.8) is 0 Å². The second kappa shape index (κ2) is 4.10. The average molecular weight is 275 g/mol. The molecular formula is C13H17N5S. The molecule has 0 aromatic carbocycles. The van der Waals surface area contributed by atoms with Gasteiger partial charge in [-0.1, -0.05) is 25.6 Å². The van der Waals surface area contributed by atoms with Crippen LogP contribution >= 0.6 is 11.8 Å². The Morgan fingerprint density at radius 1 is 1.21 bits per heavy atom. The van der Waals surface area contributed by atoms with Gasteiger partial charge in [0.15, 0.2) is 11.0 Å². The predicted octanol–water partition coefficient (Wildman–Crippen LogP) is 2.24. The van der Waals surface area contributed by atoms with E-state index in [0.29, 0.717) is 5.25 Å². The van der Waals surface area contributed by atoms with Crippen LogP contribution in [-0.4, -0.2) is 45.3 Å². The maximum absolute atomic E-state index is 4.74. The third-order valence-corrected chi connectivity index (χ3v) is 4.64. The first kappa shape index (κ1) is 11.5. The monoisotopic (exact) mass is 275 g/mol. The van der Waals surface area contributed by atoms with Gasteiger partial charge in [0.2, 0.25) is 0 Å². The molecule has 3 heterocycles. The predicted molar refractivity (Wildman–Crippen MR) is 79.3 cm³/mol. The zero-order valence-electron chi connectivity index (χ0n) is 11.3. The van der Waals surface area contributed by atoms with E-state index in [1.807, 2.05) is 0 Å². The fourth-order valence-corrected chi connectivity index (χ4v) is 3.76. The van der Waals surface area contributed by atoms with Gasteiger partial charge in [-0.25, -0.2) is 4.99 Å². The molecule has 5 nitrogen and oxygen atoms in total. The Labute approximate surface area is 117 Å². The quantitative estimate of drug-likeness (QED) is 0.737. The molecule has 0 saturated carbocycles. The summed E-state index contributed by atoms with van der Waals surface area (Å²) in [6.07, 6.45) is 3.39. The van der Waals surface area contributed by atoms with Crippen LogP contribution in [0.2, 0.25) is 0 Å². The lowest BCUT2D eigenvalue weighted by Gasteiger charge is -2.37. The van der Waals surface area contributed by atoms with Gasteiger partial charge in [0.05, 0.1) is 18.8 Å². The van der Waals surface area contributed by atoms with Crippen molar-refractivity contribution in [2.45, 2.75) is 38.4 Å². The van der Waals surface area contributed by atoms with Crippen molar-refractivity contribution in [3.05, 3.63) is 11.3 Å². The lowest BCUT2D eigenvalue weighted by Crippen LogP contribution is -2.52. The molecule has 0 radical (unpaired) electrons. The van der Waals surface area contributed by atoms with E-state index in [4.69, 9.17) is 15.0 Å². The van der Waals surface area contributed by atoms with Gasteiger partial charge in [-0.3, -0.25) is 10.0 Å². The minimum absolute atomic E-state index is 0.530. The summed E-state index contributed by atoms with van der Waals surface area (Å²) in [6, 6.07) is 0. The normalized spacial score (nSPS) is 24.5. The highest BCUT2D eigenvalue weighted by Gasteiger charge is 2.41. The summed E-state index contributed by atoms with van der Waals surface area (Å²) in [5.41, 5.74) is 2.56.